The Morgan fingerprint density at radius 2 is 2.24 bits per heavy atom. The molecule has 1 N–H and O–H groups in total. The Balaban J connectivity index is 2.13. The molecule has 1 aromatic heterocycles. The lowest BCUT2D eigenvalue weighted by molar-refractivity contribution is 0.437. The van der Waals surface area contributed by atoms with Crippen LogP contribution in [-0.2, 0) is 7.05 Å². The number of hydrogen-bond acceptors (Lipinski definition) is 2. The number of aryl methyl sites for hydroxylation is 1. The molecule has 0 aliphatic heterocycles. The fraction of sp³-hybridized carbons (Fsp3) is 0.769. The summed E-state index contributed by atoms with van der Waals surface area (Å²) in [6, 6.07) is 0.675. The minimum absolute atomic E-state index is 0.642. The molecule has 1 aliphatic rings. The third-order valence-corrected chi connectivity index (χ3v) is 4.35. The van der Waals surface area contributed by atoms with Gasteiger partial charge in [-0.2, -0.15) is 5.10 Å². The molecule has 2 atom stereocenters. The van der Waals surface area contributed by atoms with Crippen molar-refractivity contribution in [2.45, 2.75) is 51.0 Å². The van der Waals surface area contributed by atoms with E-state index in [9.17, 15) is 0 Å². The van der Waals surface area contributed by atoms with E-state index >= 15 is 0 Å². The van der Waals surface area contributed by atoms with Gasteiger partial charge in [-0.1, -0.05) is 19.8 Å². The molecule has 1 heterocycles. The summed E-state index contributed by atoms with van der Waals surface area (Å²) in [5.74, 6) is 0.642. The van der Waals surface area contributed by atoms with Gasteiger partial charge in [-0.15, -0.1) is 0 Å². The minimum atomic E-state index is 0.642. The number of rotatable bonds is 3. The molecule has 1 aliphatic carbocycles. The maximum atomic E-state index is 4.34. The van der Waals surface area contributed by atoms with Crippen LogP contribution in [0.1, 0.15) is 50.6 Å². The molecule has 1 aromatic rings. The predicted molar refractivity (Wildman–Crippen MR) is 74.2 cm³/mol. The first kappa shape index (κ1) is 13.1. The molecule has 2 rings (SSSR count). The van der Waals surface area contributed by atoms with Crippen LogP contribution >= 0.6 is 15.9 Å². The highest BCUT2D eigenvalue weighted by molar-refractivity contribution is 9.10. The molecule has 1 fully saturated rings. The highest BCUT2D eigenvalue weighted by atomic mass is 79.9. The quantitative estimate of drug-likeness (QED) is 0.869. The van der Waals surface area contributed by atoms with Crippen molar-refractivity contribution in [1.82, 2.24) is 15.1 Å². The summed E-state index contributed by atoms with van der Waals surface area (Å²) in [7, 11) is 2.05. The monoisotopic (exact) mass is 299 g/mol. The third kappa shape index (κ3) is 3.10. The van der Waals surface area contributed by atoms with E-state index in [1.54, 1.807) is 0 Å². The van der Waals surface area contributed by atoms with E-state index in [2.05, 4.69) is 33.3 Å². The van der Waals surface area contributed by atoms with E-state index in [4.69, 9.17) is 0 Å². The van der Waals surface area contributed by atoms with E-state index in [-0.39, 0.29) is 0 Å². The fourth-order valence-electron chi connectivity index (χ4n) is 2.96. The largest absolute Gasteiger partial charge is 0.314 e. The Bertz CT molecular complexity index is 342. The van der Waals surface area contributed by atoms with E-state index in [1.807, 2.05) is 17.9 Å². The second kappa shape index (κ2) is 6.01. The zero-order chi connectivity index (χ0) is 12.3. The van der Waals surface area contributed by atoms with Gasteiger partial charge in [0.1, 0.15) is 0 Å². The second-order valence-electron chi connectivity index (χ2n) is 4.97. The van der Waals surface area contributed by atoms with Gasteiger partial charge in [-0.25, -0.2) is 0 Å². The topological polar surface area (TPSA) is 29.9 Å². The van der Waals surface area contributed by atoms with Crippen molar-refractivity contribution in [2.24, 2.45) is 7.05 Å². The molecule has 4 heteroatoms. The van der Waals surface area contributed by atoms with Gasteiger partial charge in [-0.3, -0.25) is 4.68 Å². The summed E-state index contributed by atoms with van der Waals surface area (Å²) in [6.45, 7) is 3.27. The van der Waals surface area contributed by atoms with E-state index in [0.29, 0.717) is 12.0 Å². The third-order valence-electron chi connectivity index (χ3n) is 3.74. The van der Waals surface area contributed by atoms with E-state index in [0.717, 1.165) is 6.54 Å². The average molecular weight is 300 g/mol. The minimum Gasteiger partial charge on any atom is -0.314 e. The zero-order valence-corrected chi connectivity index (χ0v) is 12.3. The van der Waals surface area contributed by atoms with Crippen molar-refractivity contribution in [3.05, 3.63) is 16.4 Å². The Morgan fingerprint density at radius 3 is 2.88 bits per heavy atom. The van der Waals surface area contributed by atoms with Crippen LogP contribution < -0.4 is 5.32 Å². The predicted octanol–water partition coefficient (Wildman–Crippen LogP) is 3.21. The summed E-state index contributed by atoms with van der Waals surface area (Å²) in [5.41, 5.74) is 1.37. The molecule has 0 bridgehead atoms. The lowest BCUT2D eigenvalue weighted by Crippen LogP contribution is -2.29. The number of aromatic nitrogens is 2. The molecular formula is C13H22BrN3. The first-order chi connectivity index (χ1) is 8.22. The zero-order valence-electron chi connectivity index (χ0n) is 10.7. The van der Waals surface area contributed by atoms with Crippen molar-refractivity contribution >= 4 is 15.9 Å². The van der Waals surface area contributed by atoms with E-state index in [1.165, 1.54) is 42.3 Å². The normalized spacial score (nSPS) is 25.8. The molecule has 0 radical (unpaired) electrons. The van der Waals surface area contributed by atoms with Crippen LogP contribution in [0.4, 0.5) is 0 Å². The maximum absolute atomic E-state index is 4.34. The Morgan fingerprint density at radius 1 is 1.47 bits per heavy atom. The van der Waals surface area contributed by atoms with Crippen LogP contribution in [0.2, 0.25) is 0 Å². The molecular weight excluding hydrogens is 278 g/mol. The van der Waals surface area contributed by atoms with E-state index < -0.39 is 0 Å². The van der Waals surface area contributed by atoms with Gasteiger partial charge in [0.25, 0.3) is 0 Å². The molecule has 3 nitrogen and oxygen atoms in total. The van der Waals surface area contributed by atoms with Crippen molar-refractivity contribution in [3.63, 3.8) is 0 Å². The smallest absolute Gasteiger partial charge is 0.0635 e. The standard InChI is InChI=1S/C13H22BrN3/c1-3-15-11-7-5-4-6-10(8-11)13-12(14)9-16-17(13)2/h9-11,15H,3-8H2,1-2H3. The number of hydrogen-bond donors (Lipinski definition) is 1. The van der Waals surface area contributed by atoms with Gasteiger partial charge in [0.05, 0.1) is 16.4 Å². The van der Waals surface area contributed by atoms with Crippen LogP contribution in [0.5, 0.6) is 0 Å². The molecule has 0 spiro atoms. The Labute approximate surface area is 112 Å². The lowest BCUT2D eigenvalue weighted by Gasteiger charge is -2.21. The van der Waals surface area contributed by atoms with Crippen molar-refractivity contribution < 1.29 is 0 Å². The SMILES string of the molecule is CCNC1CCCCC(c2c(Br)cnn2C)C1. The molecule has 0 saturated heterocycles. The Hall–Kier alpha value is -0.350. The molecule has 0 amide bonds. The first-order valence-corrected chi connectivity index (χ1v) is 7.42. The van der Waals surface area contributed by atoms with Gasteiger partial charge in [0.2, 0.25) is 0 Å². The van der Waals surface area contributed by atoms with Gasteiger partial charge >= 0.3 is 0 Å². The number of nitrogens with zero attached hydrogens (tertiary/aromatic N) is 2. The van der Waals surface area contributed by atoms with Crippen molar-refractivity contribution in [2.75, 3.05) is 6.54 Å². The molecule has 17 heavy (non-hydrogen) atoms. The van der Waals surface area contributed by atoms with Crippen molar-refractivity contribution in [3.8, 4) is 0 Å². The maximum Gasteiger partial charge on any atom is 0.0635 e. The van der Waals surface area contributed by atoms with Crippen LogP contribution in [0.25, 0.3) is 0 Å². The van der Waals surface area contributed by atoms with Crippen LogP contribution in [0, 0.1) is 0 Å². The highest BCUT2D eigenvalue weighted by Crippen LogP contribution is 2.35. The van der Waals surface area contributed by atoms with Gasteiger partial charge in [0, 0.05) is 19.0 Å². The average Bonchev–Trinajstić information content (AvgIpc) is 2.53. The lowest BCUT2D eigenvalue weighted by atomic mass is 9.94. The molecule has 0 aromatic carbocycles. The molecule has 1 saturated carbocycles. The molecule has 2 unspecified atom stereocenters. The summed E-state index contributed by atoms with van der Waals surface area (Å²) in [4.78, 5) is 0. The Kier molecular flexibility index (Phi) is 4.62. The van der Waals surface area contributed by atoms with Crippen LogP contribution in [-0.4, -0.2) is 22.4 Å². The second-order valence-corrected chi connectivity index (χ2v) is 5.83. The van der Waals surface area contributed by atoms with Gasteiger partial charge in [0.15, 0.2) is 0 Å². The summed E-state index contributed by atoms with van der Waals surface area (Å²) in [5, 5.41) is 7.95. The van der Waals surface area contributed by atoms with Crippen molar-refractivity contribution in [1.29, 1.82) is 0 Å². The number of nitrogens with one attached hydrogen (secondary N) is 1. The fourth-order valence-corrected chi connectivity index (χ4v) is 3.63. The van der Waals surface area contributed by atoms with Gasteiger partial charge < -0.3 is 5.32 Å². The van der Waals surface area contributed by atoms with Crippen LogP contribution in [0.15, 0.2) is 10.7 Å². The summed E-state index contributed by atoms with van der Waals surface area (Å²) < 4.78 is 3.20. The first-order valence-electron chi connectivity index (χ1n) is 6.63. The van der Waals surface area contributed by atoms with Gasteiger partial charge in [-0.05, 0) is 41.7 Å². The summed E-state index contributed by atoms with van der Waals surface area (Å²) in [6.07, 6.45) is 8.46. The highest BCUT2D eigenvalue weighted by Gasteiger charge is 2.24. The summed E-state index contributed by atoms with van der Waals surface area (Å²) >= 11 is 3.63. The van der Waals surface area contributed by atoms with Crippen LogP contribution in [0.3, 0.4) is 0 Å². The molecule has 96 valence electrons. The number of halogens is 1.